The smallest absolute Gasteiger partial charge is 0.133 e. The molecule has 2 unspecified atom stereocenters. The highest BCUT2D eigenvalue weighted by molar-refractivity contribution is 6.22. The summed E-state index contributed by atoms with van der Waals surface area (Å²) in [5, 5.41) is 8.24. The molecule has 0 aliphatic carbocycles. The van der Waals surface area contributed by atoms with Crippen LogP contribution in [0.25, 0.3) is 0 Å². The molecule has 3 heteroatoms. The van der Waals surface area contributed by atoms with Crippen molar-refractivity contribution in [2.75, 3.05) is 19.6 Å². The van der Waals surface area contributed by atoms with Crippen LogP contribution in [-0.2, 0) is 0 Å². The summed E-state index contributed by atoms with van der Waals surface area (Å²) in [6.45, 7) is 5.20. The second-order valence-corrected chi connectivity index (χ2v) is 4.30. The molecule has 1 aliphatic rings. The van der Waals surface area contributed by atoms with Gasteiger partial charge in [-0.05, 0) is 25.3 Å². The molecule has 1 aliphatic heterocycles. The predicted molar refractivity (Wildman–Crippen MR) is 54.7 cm³/mol. The van der Waals surface area contributed by atoms with E-state index in [9.17, 15) is 0 Å². The molecular formula is C10H17ClN2. The summed E-state index contributed by atoms with van der Waals surface area (Å²) in [6, 6.07) is 2.07. The lowest BCUT2D eigenvalue weighted by Gasteiger charge is -2.32. The van der Waals surface area contributed by atoms with E-state index in [0.717, 1.165) is 25.6 Å². The monoisotopic (exact) mass is 200 g/mol. The standard InChI is InChI=1S/C10H17ClN2/c1-2-9-4-3-5-13(7-9)8-10(11)6-12/h9-10H,2-5,7-8H2,1H3. The van der Waals surface area contributed by atoms with Gasteiger partial charge >= 0.3 is 0 Å². The maximum absolute atomic E-state index is 8.58. The van der Waals surface area contributed by atoms with Gasteiger partial charge < -0.3 is 4.90 Å². The highest BCUT2D eigenvalue weighted by Crippen LogP contribution is 2.19. The highest BCUT2D eigenvalue weighted by Gasteiger charge is 2.19. The normalized spacial score (nSPS) is 26.7. The van der Waals surface area contributed by atoms with Crippen LogP contribution in [0.3, 0.4) is 0 Å². The minimum Gasteiger partial charge on any atom is -0.301 e. The Bertz CT molecular complexity index is 188. The van der Waals surface area contributed by atoms with Crippen molar-refractivity contribution in [1.82, 2.24) is 4.90 Å². The molecule has 0 aromatic rings. The van der Waals surface area contributed by atoms with Crippen LogP contribution >= 0.6 is 11.6 Å². The third kappa shape index (κ3) is 3.54. The molecule has 1 saturated heterocycles. The topological polar surface area (TPSA) is 27.0 Å². The zero-order chi connectivity index (χ0) is 9.68. The number of piperidine rings is 1. The summed E-state index contributed by atoms with van der Waals surface area (Å²) >= 11 is 5.79. The van der Waals surface area contributed by atoms with Crippen LogP contribution in [0.2, 0.25) is 0 Å². The summed E-state index contributed by atoms with van der Waals surface area (Å²) in [4.78, 5) is 2.32. The van der Waals surface area contributed by atoms with Gasteiger partial charge in [-0.15, -0.1) is 11.6 Å². The molecule has 1 heterocycles. The Balaban J connectivity index is 2.30. The van der Waals surface area contributed by atoms with E-state index in [4.69, 9.17) is 16.9 Å². The van der Waals surface area contributed by atoms with E-state index in [1.54, 1.807) is 0 Å². The summed E-state index contributed by atoms with van der Waals surface area (Å²) in [5.74, 6) is 0.816. The number of nitriles is 1. The Morgan fingerprint density at radius 1 is 1.69 bits per heavy atom. The number of rotatable bonds is 3. The van der Waals surface area contributed by atoms with Crippen LogP contribution in [0.5, 0.6) is 0 Å². The Kier molecular flexibility index (Phi) is 4.55. The van der Waals surface area contributed by atoms with Crippen molar-refractivity contribution in [1.29, 1.82) is 5.26 Å². The fourth-order valence-corrected chi connectivity index (χ4v) is 2.11. The van der Waals surface area contributed by atoms with E-state index in [1.807, 2.05) is 0 Å². The Morgan fingerprint density at radius 3 is 3.08 bits per heavy atom. The van der Waals surface area contributed by atoms with Gasteiger partial charge in [-0.25, -0.2) is 0 Å². The second kappa shape index (κ2) is 5.47. The molecule has 1 fully saturated rings. The first kappa shape index (κ1) is 10.8. The van der Waals surface area contributed by atoms with Gasteiger partial charge in [-0.3, -0.25) is 0 Å². The summed E-state index contributed by atoms with van der Waals surface area (Å²) in [5.41, 5.74) is 0. The summed E-state index contributed by atoms with van der Waals surface area (Å²) < 4.78 is 0. The van der Waals surface area contributed by atoms with Crippen molar-refractivity contribution < 1.29 is 0 Å². The lowest BCUT2D eigenvalue weighted by Crippen LogP contribution is -2.38. The molecule has 0 radical (unpaired) electrons. The van der Waals surface area contributed by atoms with Gasteiger partial charge in [0.1, 0.15) is 5.38 Å². The van der Waals surface area contributed by atoms with Gasteiger partial charge in [0.05, 0.1) is 6.07 Å². The molecule has 0 aromatic heterocycles. The Labute approximate surface area is 85.5 Å². The molecule has 2 nitrogen and oxygen atoms in total. The largest absolute Gasteiger partial charge is 0.301 e. The first-order chi connectivity index (χ1) is 6.26. The van der Waals surface area contributed by atoms with E-state index in [1.165, 1.54) is 19.3 Å². The summed E-state index contributed by atoms with van der Waals surface area (Å²) in [7, 11) is 0. The third-order valence-corrected chi connectivity index (χ3v) is 2.97. The van der Waals surface area contributed by atoms with Gasteiger partial charge in [-0.2, -0.15) is 5.26 Å². The molecule has 1 rings (SSSR count). The number of hydrogen-bond donors (Lipinski definition) is 0. The number of alkyl halides is 1. The molecule has 74 valence electrons. The lowest BCUT2D eigenvalue weighted by molar-refractivity contribution is 0.176. The summed E-state index contributed by atoms with van der Waals surface area (Å²) in [6.07, 6.45) is 3.84. The van der Waals surface area contributed by atoms with Crippen LogP contribution in [-0.4, -0.2) is 29.9 Å². The maximum Gasteiger partial charge on any atom is 0.133 e. The molecule has 0 saturated carbocycles. The van der Waals surface area contributed by atoms with Crippen LogP contribution < -0.4 is 0 Å². The molecular weight excluding hydrogens is 184 g/mol. The molecule has 13 heavy (non-hydrogen) atoms. The number of hydrogen-bond acceptors (Lipinski definition) is 2. The van der Waals surface area contributed by atoms with Gasteiger partial charge in [0.25, 0.3) is 0 Å². The minimum absolute atomic E-state index is 0.337. The fourth-order valence-electron chi connectivity index (χ4n) is 1.92. The van der Waals surface area contributed by atoms with Crippen molar-refractivity contribution in [3.8, 4) is 6.07 Å². The Hall–Kier alpha value is -0.260. The molecule has 0 aromatic carbocycles. The zero-order valence-corrected chi connectivity index (χ0v) is 8.93. The zero-order valence-electron chi connectivity index (χ0n) is 8.17. The van der Waals surface area contributed by atoms with E-state index in [2.05, 4.69) is 17.9 Å². The van der Waals surface area contributed by atoms with Crippen LogP contribution in [0, 0.1) is 17.2 Å². The highest BCUT2D eigenvalue weighted by atomic mass is 35.5. The van der Waals surface area contributed by atoms with Gasteiger partial charge in [0, 0.05) is 13.1 Å². The molecule has 0 spiro atoms. The predicted octanol–water partition coefficient (Wildman–Crippen LogP) is 2.24. The van der Waals surface area contributed by atoms with Crippen molar-refractivity contribution in [2.24, 2.45) is 5.92 Å². The van der Waals surface area contributed by atoms with E-state index < -0.39 is 0 Å². The number of nitrogens with zero attached hydrogens (tertiary/aromatic N) is 2. The maximum atomic E-state index is 8.58. The molecule has 2 atom stereocenters. The second-order valence-electron chi connectivity index (χ2n) is 3.77. The van der Waals surface area contributed by atoms with Crippen LogP contribution in [0.4, 0.5) is 0 Å². The van der Waals surface area contributed by atoms with Gasteiger partial charge in [0.2, 0.25) is 0 Å². The third-order valence-electron chi connectivity index (χ3n) is 2.74. The minimum atomic E-state index is -0.337. The molecule has 0 bridgehead atoms. The van der Waals surface area contributed by atoms with Crippen LogP contribution in [0.1, 0.15) is 26.2 Å². The van der Waals surface area contributed by atoms with E-state index >= 15 is 0 Å². The fraction of sp³-hybridized carbons (Fsp3) is 0.900. The first-order valence-electron chi connectivity index (χ1n) is 5.02. The first-order valence-corrected chi connectivity index (χ1v) is 5.46. The van der Waals surface area contributed by atoms with Crippen molar-refractivity contribution in [2.45, 2.75) is 31.6 Å². The number of halogens is 1. The Morgan fingerprint density at radius 2 is 2.46 bits per heavy atom. The lowest BCUT2D eigenvalue weighted by atomic mass is 9.95. The van der Waals surface area contributed by atoms with E-state index in [0.29, 0.717) is 0 Å². The molecule has 0 amide bonds. The van der Waals surface area contributed by atoms with Crippen LogP contribution in [0.15, 0.2) is 0 Å². The molecule has 0 N–H and O–H groups in total. The van der Waals surface area contributed by atoms with E-state index in [-0.39, 0.29) is 5.38 Å². The average molecular weight is 201 g/mol. The van der Waals surface area contributed by atoms with Crippen molar-refractivity contribution >= 4 is 11.6 Å². The van der Waals surface area contributed by atoms with Gasteiger partial charge in [0.15, 0.2) is 0 Å². The quantitative estimate of drug-likeness (QED) is 0.654. The van der Waals surface area contributed by atoms with Crippen molar-refractivity contribution in [3.05, 3.63) is 0 Å². The average Bonchev–Trinajstić information content (AvgIpc) is 2.18. The SMILES string of the molecule is CCC1CCCN(CC(Cl)C#N)C1. The van der Waals surface area contributed by atoms with Gasteiger partial charge in [-0.1, -0.05) is 13.3 Å². The number of likely N-dealkylation sites (tertiary alicyclic amines) is 1. The van der Waals surface area contributed by atoms with Crippen molar-refractivity contribution in [3.63, 3.8) is 0 Å².